The summed E-state index contributed by atoms with van der Waals surface area (Å²) in [7, 11) is 0. The van der Waals surface area contributed by atoms with Gasteiger partial charge in [0.2, 0.25) is 11.8 Å². The van der Waals surface area contributed by atoms with E-state index >= 15 is 0 Å². The summed E-state index contributed by atoms with van der Waals surface area (Å²) in [5, 5.41) is 2.12. The molecular formula is C16H23N3O2S. The van der Waals surface area contributed by atoms with Gasteiger partial charge >= 0.3 is 0 Å². The van der Waals surface area contributed by atoms with Crippen LogP contribution >= 0.6 is 11.3 Å². The van der Waals surface area contributed by atoms with Crippen molar-refractivity contribution in [1.82, 2.24) is 14.7 Å². The van der Waals surface area contributed by atoms with Crippen LogP contribution in [-0.2, 0) is 16.0 Å². The molecule has 1 aromatic rings. The molecule has 2 fully saturated rings. The van der Waals surface area contributed by atoms with E-state index in [0.717, 1.165) is 39.1 Å². The van der Waals surface area contributed by atoms with Crippen LogP contribution in [-0.4, -0.2) is 71.8 Å². The minimum absolute atomic E-state index is 0.000430. The first-order valence-electron chi connectivity index (χ1n) is 8.02. The van der Waals surface area contributed by atoms with Crippen LogP contribution in [0.2, 0.25) is 0 Å². The van der Waals surface area contributed by atoms with Gasteiger partial charge in [-0.1, -0.05) is 6.07 Å². The Labute approximate surface area is 135 Å². The van der Waals surface area contributed by atoms with Crippen LogP contribution in [0.15, 0.2) is 17.5 Å². The quantitative estimate of drug-likeness (QED) is 0.761. The Morgan fingerprint density at radius 3 is 2.59 bits per heavy atom. The number of piperazine rings is 1. The van der Waals surface area contributed by atoms with E-state index in [0.29, 0.717) is 13.0 Å². The first-order chi connectivity index (χ1) is 10.7. The molecule has 5 nitrogen and oxygen atoms in total. The summed E-state index contributed by atoms with van der Waals surface area (Å²) >= 11 is 1.81. The molecule has 2 amide bonds. The van der Waals surface area contributed by atoms with Gasteiger partial charge < -0.3 is 4.90 Å². The molecule has 3 rings (SSSR count). The highest BCUT2D eigenvalue weighted by Gasteiger charge is 2.41. The molecule has 2 saturated heterocycles. The number of rotatable bonds is 5. The average Bonchev–Trinajstić information content (AvgIpc) is 3.14. The number of likely N-dealkylation sites (N-methyl/N-ethyl adjacent to an activating group) is 1. The van der Waals surface area contributed by atoms with Crippen molar-refractivity contribution in [3.63, 3.8) is 0 Å². The fraction of sp³-hybridized carbons (Fsp3) is 0.625. The fourth-order valence-electron chi connectivity index (χ4n) is 3.30. The monoisotopic (exact) mass is 321 g/mol. The number of nitrogens with zero attached hydrogens (tertiary/aromatic N) is 3. The lowest BCUT2D eigenvalue weighted by atomic mass is 10.1. The Kier molecular flexibility index (Phi) is 4.90. The molecule has 0 bridgehead atoms. The zero-order valence-electron chi connectivity index (χ0n) is 13.0. The molecule has 0 aromatic carbocycles. The van der Waals surface area contributed by atoms with E-state index in [1.54, 1.807) is 0 Å². The van der Waals surface area contributed by atoms with Crippen molar-refractivity contribution >= 4 is 23.2 Å². The molecule has 2 aliphatic rings. The molecule has 2 aliphatic heterocycles. The number of likely N-dealkylation sites (tertiary alicyclic amines) is 1. The van der Waals surface area contributed by atoms with E-state index in [9.17, 15) is 9.59 Å². The molecular weight excluding hydrogens is 298 g/mol. The molecule has 0 N–H and O–H groups in total. The maximum Gasteiger partial charge on any atom is 0.247 e. The molecule has 0 radical (unpaired) electrons. The van der Waals surface area contributed by atoms with E-state index in [4.69, 9.17) is 0 Å². The number of carbonyl (C=O) groups excluding carboxylic acids is 2. The number of hydrogen-bond donors (Lipinski definition) is 0. The van der Waals surface area contributed by atoms with E-state index < -0.39 is 0 Å². The second-order valence-electron chi connectivity index (χ2n) is 5.90. The van der Waals surface area contributed by atoms with Crippen LogP contribution in [0, 0.1) is 0 Å². The third-order valence-corrected chi connectivity index (χ3v) is 5.57. The highest BCUT2D eigenvalue weighted by molar-refractivity contribution is 7.09. The summed E-state index contributed by atoms with van der Waals surface area (Å²) in [6.07, 6.45) is 1.46. The van der Waals surface area contributed by atoms with Crippen molar-refractivity contribution in [2.75, 3.05) is 39.3 Å². The van der Waals surface area contributed by atoms with E-state index in [1.807, 2.05) is 18.3 Å². The zero-order valence-corrected chi connectivity index (χ0v) is 13.8. The highest BCUT2D eigenvalue weighted by Crippen LogP contribution is 2.20. The summed E-state index contributed by atoms with van der Waals surface area (Å²) in [5.74, 6) is -0.0165. The van der Waals surface area contributed by atoms with Crippen LogP contribution < -0.4 is 0 Å². The Morgan fingerprint density at radius 2 is 2.00 bits per heavy atom. The minimum atomic E-state index is -0.216. The Morgan fingerprint density at radius 1 is 1.23 bits per heavy atom. The number of carbonyl (C=O) groups is 2. The van der Waals surface area contributed by atoms with Crippen LogP contribution in [0.25, 0.3) is 0 Å². The molecule has 22 heavy (non-hydrogen) atoms. The molecule has 6 heteroatoms. The van der Waals surface area contributed by atoms with E-state index in [2.05, 4.69) is 27.3 Å². The smallest absolute Gasteiger partial charge is 0.247 e. The minimum Gasteiger partial charge on any atom is -0.300 e. The second kappa shape index (κ2) is 6.89. The zero-order chi connectivity index (χ0) is 15.5. The molecule has 3 heterocycles. The Hall–Kier alpha value is -1.24. The predicted molar refractivity (Wildman–Crippen MR) is 86.8 cm³/mol. The summed E-state index contributed by atoms with van der Waals surface area (Å²) in [6.45, 7) is 7.16. The van der Waals surface area contributed by atoms with Crippen molar-refractivity contribution in [2.45, 2.75) is 25.8 Å². The molecule has 1 atom stereocenters. The van der Waals surface area contributed by atoms with Crippen LogP contribution in [0.3, 0.4) is 0 Å². The van der Waals surface area contributed by atoms with Crippen molar-refractivity contribution in [1.29, 1.82) is 0 Å². The summed E-state index contributed by atoms with van der Waals surface area (Å²) < 4.78 is 0. The average molecular weight is 321 g/mol. The second-order valence-corrected chi connectivity index (χ2v) is 6.94. The van der Waals surface area contributed by atoms with Crippen molar-refractivity contribution < 1.29 is 9.59 Å². The third-order valence-electron chi connectivity index (χ3n) is 4.64. The Bertz CT molecular complexity index is 524. The molecule has 0 saturated carbocycles. The van der Waals surface area contributed by atoms with E-state index in [-0.39, 0.29) is 17.9 Å². The highest BCUT2D eigenvalue weighted by atomic mass is 32.1. The fourth-order valence-corrected chi connectivity index (χ4v) is 4.00. The van der Waals surface area contributed by atoms with Gasteiger partial charge in [-0.15, -0.1) is 11.3 Å². The molecule has 0 spiro atoms. The first kappa shape index (κ1) is 15.6. The molecule has 120 valence electrons. The normalized spacial score (nSPS) is 24.4. The molecule has 1 aromatic heterocycles. The number of amides is 2. The van der Waals surface area contributed by atoms with Crippen molar-refractivity contribution in [2.24, 2.45) is 0 Å². The molecule has 0 aliphatic carbocycles. The summed E-state index contributed by atoms with van der Waals surface area (Å²) in [5.41, 5.74) is 0. The summed E-state index contributed by atoms with van der Waals surface area (Å²) in [4.78, 5) is 31.6. The lowest BCUT2D eigenvalue weighted by Crippen LogP contribution is -2.52. The topological polar surface area (TPSA) is 43.9 Å². The first-order valence-corrected chi connectivity index (χ1v) is 8.90. The lowest BCUT2D eigenvalue weighted by Gasteiger charge is -2.36. The van der Waals surface area contributed by atoms with Gasteiger partial charge in [0.15, 0.2) is 0 Å². The van der Waals surface area contributed by atoms with Gasteiger partial charge in [-0.05, 0) is 24.8 Å². The number of hydrogen-bond acceptors (Lipinski definition) is 5. The lowest BCUT2D eigenvalue weighted by molar-refractivity contribution is -0.139. The van der Waals surface area contributed by atoms with E-state index in [1.165, 1.54) is 9.78 Å². The summed E-state index contributed by atoms with van der Waals surface area (Å²) in [6, 6.07) is 4.07. The van der Waals surface area contributed by atoms with Crippen LogP contribution in [0.5, 0.6) is 0 Å². The van der Waals surface area contributed by atoms with Gasteiger partial charge in [-0.25, -0.2) is 0 Å². The number of imide groups is 1. The van der Waals surface area contributed by atoms with Crippen molar-refractivity contribution in [3.05, 3.63) is 22.4 Å². The van der Waals surface area contributed by atoms with Gasteiger partial charge in [0.05, 0.1) is 12.5 Å². The SMILES string of the molecule is CCN1C(=O)CC(N2CCN(CCc3cccs3)CC2)C1=O. The largest absolute Gasteiger partial charge is 0.300 e. The predicted octanol–water partition coefficient (Wildman–Crippen LogP) is 1.06. The standard InChI is InChI=1S/C16H23N3O2S/c1-2-19-15(20)12-14(16(19)21)18-9-7-17(8-10-18)6-5-13-4-3-11-22-13/h3-4,11,14H,2,5-10,12H2,1H3. The van der Waals surface area contributed by atoms with Crippen LogP contribution in [0.4, 0.5) is 0 Å². The van der Waals surface area contributed by atoms with Gasteiger partial charge in [0.1, 0.15) is 0 Å². The maximum absolute atomic E-state index is 12.3. The van der Waals surface area contributed by atoms with Gasteiger partial charge in [0.25, 0.3) is 0 Å². The van der Waals surface area contributed by atoms with Gasteiger partial charge in [0, 0.05) is 44.1 Å². The Balaban J connectivity index is 1.47. The van der Waals surface area contributed by atoms with Crippen LogP contribution in [0.1, 0.15) is 18.2 Å². The maximum atomic E-state index is 12.3. The number of thiophene rings is 1. The van der Waals surface area contributed by atoms with Gasteiger partial charge in [-0.3, -0.25) is 19.4 Å². The van der Waals surface area contributed by atoms with Gasteiger partial charge in [-0.2, -0.15) is 0 Å². The molecule has 1 unspecified atom stereocenters. The van der Waals surface area contributed by atoms with Crippen molar-refractivity contribution in [3.8, 4) is 0 Å². The third kappa shape index (κ3) is 3.24.